The van der Waals surface area contributed by atoms with Gasteiger partial charge in [-0.2, -0.15) is 0 Å². The average Bonchev–Trinajstić information content (AvgIpc) is 2.15. The Hall–Kier alpha value is -1.35. The van der Waals surface area contributed by atoms with Gasteiger partial charge in [-0.15, -0.1) is 0 Å². The number of carboxylic acid groups (broad SMARTS) is 1. The number of nitrogens with one attached hydrogen (secondary N) is 1. The van der Waals surface area contributed by atoms with E-state index in [1.807, 2.05) is 0 Å². The number of amides is 2. The van der Waals surface area contributed by atoms with E-state index in [2.05, 4.69) is 5.32 Å². The molecular formula is C9H19N3O5S. The maximum Gasteiger partial charge on any atom is 0.317 e. The second-order valence-corrected chi connectivity index (χ2v) is 5.57. The van der Waals surface area contributed by atoms with Gasteiger partial charge < -0.3 is 15.3 Å². The van der Waals surface area contributed by atoms with Gasteiger partial charge in [-0.3, -0.25) is 4.79 Å². The van der Waals surface area contributed by atoms with Crippen LogP contribution in [0.2, 0.25) is 0 Å². The molecule has 0 heterocycles. The Bertz CT molecular complexity index is 395. The quantitative estimate of drug-likeness (QED) is 0.560. The number of nitrogens with two attached hydrogens (primary N) is 1. The van der Waals surface area contributed by atoms with Crippen LogP contribution in [-0.4, -0.2) is 55.3 Å². The van der Waals surface area contributed by atoms with Crippen LogP contribution in [0, 0.1) is 0 Å². The molecule has 9 heteroatoms. The highest BCUT2D eigenvalue weighted by Gasteiger charge is 2.20. The molecule has 0 saturated carbocycles. The highest BCUT2D eigenvalue weighted by Crippen LogP contribution is 2.03. The lowest BCUT2D eigenvalue weighted by Crippen LogP contribution is -2.46. The van der Waals surface area contributed by atoms with Crippen LogP contribution in [0.25, 0.3) is 0 Å². The van der Waals surface area contributed by atoms with E-state index in [0.717, 1.165) is 0 Å². The number of urea groups is 1. The van der Waals surface area contributed by atoms with Crippen molar-refractivity contribution in [3.8, 4) is 0 Å². The zero-order valence-corrected chi connectivity index (χ0v) is 11.2. The van der Waals surface area contributed by atoms with Crippen LogP contribution in [-0.2, 0) is 14.8 Å². The standard InChI is InChI=1S/C9H19N3O5S/c1-3-12(7(2)6-8(13)14)9(15)11-4-5-18(10,16)17/h7H,3-6H2,1-2H3,(H,11,15)(H,13,14)(H2,10,16,17). The molecule has 0 radical (unpaired) electrons. The molecule has 0 aliphatic heterocycles. The molecule has 0 bridgehead atoms. The molecule has 0 aliphatic carbocycles. The van der Waals surface area contributed by atoms with Gasteiger partial charge in [0, 0.05) is 19.1 Å². The van der Waals surface area contributed by atoms with E-state index in [1.165, 1.54) is 4.90 Å². The lowest BCUT2D eigenvalue weighted by Gasteiger charge is -2.27. The van der Waals surface area contributed by atoms with Crippen molar-refractivity contribution in [1.29, 1.82) is 0 Å². The number of rotatable bonds is 7. The number of nitrogens with zero attached hydrogens (tertiary/aromatic N) is 1. The molecule has 1 unspecified atom stereocenters. The number of hydrogen-bond acceptors (Lipinski definition) is 4. The van der Waals surface area contributed by atoms with Gasteiger partial charge in [0.1, 0.15) is 0 Å². The van der Waals surface area contributed by atoms with Crippen LogP contribution in [0.15, 0.2) is 0 Å². The molecule has 4 N–H and O–H groups in total. The highest BCUT2D eigenvalue weighted by atomic mass is 32.2. The van der Waals surface area contributed by atoms with Crippen LogP contribution in [0.4, 0.5) is 4.79 Å². The summed E-state index contributed by atoms with van der Waals surface area (Å²) in [6, 6.07) is -0.975. The fourth-order valence-corrected chi connectivity index (χ4v) is 1.81. The Morgan fingerprint density at radius 3 is 2.39 bits per heavy atom. The summed E-state index contributed by atoms with van der Waals surface area (Å²) >= 11 is 0. The molecule has 2 amide bonds. The number of sulfonamides is 1. The minimum Gasteiger partial charge on any atom is -0.481 e. The van der Waals surface area contributed by atoms with Crippen molar-refractivity contribution in [3.05, 3.63) is 0 Å². The van der Waals surface area contributed by atoms with E-state index in [4.69, 9.17) is 10.2 Å². The Labute approximate surface area is 106 Å². The van der Waals surface area contributed by atoms with Gasteiger partial charge in [0.05, 0.1) is 12.2 Å². The normalized spacial score (nSPS) is 12.8. The van der Waals surface area contributed by atoms with E-state index in [9.17, 15) is 18.0 Å². The Kier molecular flexibility index (Phi) is 6.63. The summed E-state index contributed by atoms with van der Waals surface area (Å²) in [5.41, 5.74) is 0. The Morgan fingerprint density at radius 2 is 2.00 bits per heavy atom. The maximum absolute atomic E-state index is 11.7. The molecule has 8 nitrogen and oxygen atoms in total. The predicted octanol–water partition coefficient (Wildman–Crippen LogP) is -0.830. The third kappa shape index (κ3) is 7.07. The van der Waals surface area contributed by atoms with E-state index in [-0.39, 0.29) is 18.7 Å². The fraction of sp³-hybridized carbons (Fsp3) is 0.778. The number of carboxylic acids is 1. The first-order valence-corrected chi connectivity index (χ1v) is 7.15. The molecule has 0 saturated heterocycles. The summed E-state index contributed by atoms with van der Waals surface area (Å²) in [5.74, 6) is -1.36. The second-order valence-electron chi connectivity index (χ2n) is 3.83. The zero-order chi connectivity index (χ0) is 14.3. The highest BCUT2D eigenvalue weighted by molar-refractivity contribution is 7.89. The van der Waals surface area contributed by atoms with Crippen LogP contribution >= 0.6 is 0 Å². The maximum atomic E-state index is 11.7. The van der Waals surface area contributed by atoms with Crippen LogP contribution in [0.5, 0.6) is 0 Å². The average molecular weight is 281 g/mol. The van der Waals surface area contributed by atoms with Crippen molar-refractivity contribution < 1.29 is 23.1 Å². The summed E-state index contributed by atoms with van der Waals surface area (Å²) < 4.78 is 21.3. The van der Waals surface area contributed by atoms with E-state index in [0.29, 0.717) is 6.54 Å². The summed E-state index contributed by atoms with van der Waals surface area (Å²) in [6.45, 7) is 3.54. The van der Waals surface area contributed by atoms with Crippen LogP contribution in [0.1, 0.15) is 20.3 Å². The third-order valence-electron chi connectivity index (χ3n) is 2.27. The third-order valence-corrected chi connectivity index (χ3v) is 3.04. The number of carbonyl (C=O) groups excluding carboxylic acids is 1. The largest absolute Gasteiger partial charge is 0.481 e. The lowest BCUT2D eigenvalue weighted by molar-refractivity contribution is -0.138. The van der Waals surface area contributed by atoms with Gasteiger partial charge >= 0.3 is 12.0 Å². The van der Waals surface area contributed by atoms with E-state index < -0.39 is 28.1 Å². The Morgan fingerprint density at radius 1 is 1.44 bits per heavy atom. The lowest BCUT2D eigenvalue weighted by atomic mass is 10.2. The number of carbonyl (C=O) groups is 2. The summed E-state index contributed by atoms with van der Waals surface area (Å²) in [5, 5.41) is 15.8. The van der Waals surface area contributed by atoms with Gasteiger partial charge in [0.15, 0.2) is 0 Å². The van der Waals surface area contributed by atoms with Crippen molar-refractivity contribution in [2.24, 2.45) is 5.14 Å². The minimum atomic E-state index is -3.62. The van der Waals surface area contributed by atoms with E-state index in [1.54, 1.807) is 13.8 Å². The smallest absolute Gasteiger partial charge is 0.317 e. The topological polar surface area (TPSA) is 130 Å². The van der Waals surface area contributed by atoms with Crippen molar-refractivity contribution in [2.45, 2.75) is 26.3 Å². The number of primary sulfonamides is 1. The predicted molar refractivity (Wildman–Crippen MR) is 65.5 cm³/mol. The molecule has 18 heavy (non-hydrogen) atoms. The van der Waals surface area contributed by atoms with Gasteiger partial charge in [-0.1, -0.05) is 0 Å². The molecule has 0 aromatic carbocycles. The summed E-state index contributed by atoms with van der Waals surface area (Å²) in [7, 11) is -3.62. The fourth-order valence-electron chi connectivity index (χ4n) is 1.42. The molecule has 0 fully saturated rings. The van der Waals surface area contributed by atoms with Crippen LogP contribution in [0.3, 0.4) is 0 Å². The van der Waals surface area contributed by atoms with Gasteiger partial charge in [0.25, 0.3) is 0 Å². The van der Waals surface area contributed by atoms with Crippen molar-refractivity contribution in [3.63, 3.8) is 0 Å². The van der Waals surface area contributed by atoms with Crippen molar-refractivity contribution in [1.82, 2.24) is 10.2 Å². The molecule has 0 spiro atoms. The Balaban J connectivity index is 4.31. The van der Waals surface area contributed by atoms with Crippen LogP contribution < -0.4 is 10.5 Å². The zero-order valence-electron chi connectivity index (χ0n) is 10.4. The molecule has 0 aromatic rings. The number of aliphatic carboxylic acids is 1. The molecule has 0 aromatic heterocycles. The van der Waals surface area contributed by atoms with Gasteiger partial charge in [-0.25, -0.2) is 18.4 Å². The van der Waals surface area contributed by atoms with Gasteiger partial charge in [-0.05, 0) is 13.8 Å². The molecular weight excluding hydrogens is 262 g/mol. The second kappa shape index (κ2) is 7.17. The summed E-state index contributed by atoms with van der Waals surface area (Å²) in [6.07, 6.45) is -0.170. The number of hydrogen-bond donors (Lipinski definition) is 3. The first kappa shape index (κ1) is 16.6. The SMILES string of the molecule is CCN(C(=O)NCCS(N)(=O)=O)C(C)CC(=O)O. The summed E-state index contributed by atoms with van der Waals surface area (Å²) in [4.78, 5) is 23.5. The minimum absolute atomic E-state index is 0.103. The molecule has 1 atom stereocenters. The first-order chi connectivity index (χ1) is 8.17. The molecule has 106 valence electrons. The monoisotopic (exact) mass is 281 g/mol. The molecule has 0 aliphatic rings. The molecule has 0 rings (SSSR count). The van der Waals surface area contributed by atoms with Gasteiger partial charge in [0.2, 0.25) is 10.0 Å². The van der Waals surface area contributed by atoms with Crippen molar-refractivity contribution in [2.75, 3.05) is 18.8 Å². The van der Waals surface area contributed by atoms with E-state index >= 15 is 0 Å². The van der Waals surface area contributed by atoms with Crippen molar-refractivity contribution >= 4 is 22.0 Å². The first-order valence-electron chi connectivity index (χ1n) is 5.44.